The standard InChI is InChI=1S/C28H35I4O5/c1-15-7-6-10-26(32-22(36)37-5)12-9-18-23(2)11-8-17-24(3,14-16(33)21(35)25(17,4)29)19(23)13-20(34)27(18,30)28(15,26)31/h13-15,17-18,33H,6-12H2,1-5H3/q-1. The van der Waals surface area contributed by atoms with Crippen LogP contribution < -0.4 is 21.2 Å². The molecule has 9 atom stereocenters. The molecule has 0 saturated heterocycles. The summed E-state index contributed by atoms with van der Waals surface area (Å²) >= 11 is 6.50. The maximum absolute atomic E-state index is 14.6. The monoisotopic (exact) mass is 959 g/mol. The summed E-state index contributed by atoms with van der Waals surface area (Å²) in [6.07, 6.45) is 10.5. The zero-order valence-corrected chi connectivity index (χ0v) is 30.6. The van der Waals surface area contributed by atoms with Crippen molar-refractivity contribution in [2.45, 2.75) is 86.3 Å². The molecule has 0 heterocycles. The Balaban J connectivity index is 1.71. The molecule has 0 aromatic rings. The first-order valence-electron chi connectivity index (χ1n) is 13.1. The molecule has 0 amide bonds. The van der Waals surface area contributed by atoms with Gasteiger partial charge in [0.25, 0.3) is 0 Å². The quantitative estimate of drug-likeness (QED) is 0.254. The van der Waals surface area contributed by atoms with Crippen molar-refractivity contribution in [3.05, 3.63) is 23.5 Å². The van der Waals surface area contributed by atoms with Crippen LogP contribution in [0, 0.1) is 28.6 Å². The third kappa shape index (κ3) is 3.62. The molecule has 37 heavy (non-hydrogen) atoms. The molecule has 0 spiro atoms. The predicted octanol–water partition coefficient (Wildman–Crippen LogP) is 4.31. The van der Waals surface area contributed by atoms with Gasteiger partial charge in [0.05, 0.1) is 0 Å². The third-order valence-electron chi connectivity index (χ3n) is 10.8. The molecule has 9 unspecified atom stereocenters. The average molecular weight is 959 g/mol. The molecule has 0 aromatic carbocycles. The Hall–Kier alpha value is 1.01. The number of allylic oxidation sites excluding steroid dienone is 4. The first-order chi connectivity index (χ1) is 17.1. The zero-order chi connectivity index (χ0) is 27.4. The number of fused-ring (bicyclic) bond motifs is 7. The summed E-state index contributed by atoms with van der Waals surface area (Å²) in [5.74, 6) is 0.250. The molecule has 0 aliphatic heterocycles. The van der Waals surface area contributed by atoms with Gasteiger partial charge in [0, 0.05) is 0 Å². The number of halogens is 4. The Morgan fingerprint density at radius 2 is 1.70 bits per heavy atom. The number of ketones is 2. The molecular weight excluding hydrogens is 924 g/mol. The number of hydrogen-bond acceptors (Lipinski definition) is 5. The molecule has 0 aromatic heterocycles. The van der Waals surface area contributed by atoms with Crippen LogP contribution in [0.4, 0.5) is 4.79 Å². The van der Waals surface area contributed by atoms with Gasteiger partial charge in [0.1, 0.15) is 0 Å². The summed E-state index contributed by atoms with van der Waals surface area (Å²) < 4.78 is 3.33. The first-order valence-corrected chi connectivity index (χ1v) is 18.5. The van der Waals surface area contributed by atoms with E-state index in [4.69, 9.17) is 4.74 Å². The zero-order valence-electron chi connectivity index (χ0n) is 21.9. The summed E-state index contributed by atoms with van der Waals surface area (Å²) in [5, 5.41) is 10.8. The minimum absolute atomic E-state index is 0.0212. The van der Waals surface area contributed by atoms with Gasteiger partial charge in [0.15, 0.2) is 0 Å². The number of hydrogen-bond donors (Lipinski definition) is 1. The Kier molecular flexibility index (Phi) is 7.38. The van der Waals surface area contributed by atoms with Crippen LogP contribution in [0.5, 0.6) is 0 Å². The fourth-order valence-corrected chi connectivity index (χ4v) is 18.9. The van der Waals surface area contributed by atoms with Crippen molar-refractivity contribution < 1.29 is 45.4 Å². The van der Waals surface area contributed by atoms with E-state index >= 15 is 0 Å². The van der Waals surface area contributed by atoms with Gasteiger partial charge in [-0.15, -0.1) is 0 Å². The van der Waals surface area contributed by atoms with Crippen LogP contribution in [0.2, 0.25) is 0 Å². The summed E-state index contributed by atoms with van der Waals surface area (Å²) in [6.45, 7) is 8.71. The molecule has 3 saturated carbocycles. The van der Waals surface area contributed by atoms with Gasteiger partial charge < -0.3 is 0 Å². The molecule has 0 bridgehead atoms. The number of carbonyl (C=O) groups is 3. The number of carbonyl (C=O) groups excluding carboxylic acids is 3. The SMILES string of the molecule is COC(=O)[I-]C12CCCC(C)C1(I)C1(I)C(=O)C=C3C4(C)C=C(O)C(=O)C(C)(I)C4CCC3(C)C1CC2. The van der Waals surface area contributed by atoms with Gasteiger partial charge in [-0.2, -0.15) is 0 Å². The van der Waals surface area contributed by atoms with E-state index in [0.29, 0.717) is 5.92 Å². The number of Topliss-reactive ketones (excluding diaryl/α,β-unsaturated/α-hetero) is 1. The van der Waals surface area contributed by atoms with Gasteiger partial charge in [0.2, 0.25) is 0 Å². The fourth-order valence-electron chi connectivity index (χ4n) is 9.16. The molecule has 5 rings (SSSR count). The van der Waals surface area contributed by atoms with E-state index in [9.17, 15) is 19.5 Å². The molecule has 5 aliphatic rings. The number of rotatable bonds is 2. The molecule has 5 nitrogen and oxygen atoms in total. The van der Waals surface area contributed by atoms with Crippen LogP contribution in [0.25, 0.3) is 0 Å². The van der Waals surface area contributed by atoms with Crippen molar-refractivity contribution in [3.63, 3.8) is 0 Å². The Morgan fingerprint density at radius 1 is 1.05 bits per heavy atom. The summed E-state index contributed by atoms with van der Waals surface area (Å²) in [4.78, 5) is 40.4. The fraction of sp³-hybridized carbons (Fsp3) is 0.750. The van der Waals surface area contributed by atoms with Gasteiger partial charge in [-0.05, 0) is 0 Å². The van der Waals surface area contributed by atoms with Crippen molar-refractivity contribution >= 4 is 83.3 Å². The van der Waals surface area contributed by atoms with Gasteiger partial charge in [-0.1, -0.05) is 0 Å². The second-order valence-corrected chi connectivity index (χ2v) is 21.6. The van der Waals surface area contributed by atoms with E-state index in [-0.39, 0.29) is 45.4 Å². The Morgan fingerprint density at radius 3 is 2.35 bits per heavy atom. The minimum atomic E-state index is -0.916. The van der Waals surface area contributed by atoms with Crippen LogP contribution in [0.3, 0.4) is 0 Å². The normalized spacial score (nSPS) is 51.2. The number of aliphatic hydroxyl groups excluding tert-OH is 1. The van der Waals surface area contributed by atoms with Crippen molar-refractivity contribution in [1.29, 1.82) is 0 Å². The van der Waals surface area contributed by atoms with Crippen molar-refractivity contribution in [1.82, 2.24) is 0 Å². The second-order valence-electron chi connectivity index (χ2n) is 12.5. The summed E-state index contributed by atoms with van der Waals surface area (Å²) in [7, 11) is 1.49. The van der Waals surface area contributed by atoms with E-state index in [2.05, 4.69) is 88.5 Å². The topological polar surface area (TPSA) is 80.7 Å². The molecule has 5 aliphatic carbocycles. The average Bonchev–Trinajstić information content (AvgIpc) is 2.81. The van der Waals surface area contributed by atoms with Crippen LogP contribution in [0.15, 0.2) is 23.5 Å². The summed E-state index contributed by atoms with van der Waals surface area (Å²) in [6, 6.07) is 0. The van der Waals surface area contributed by atoms with Crippen LogP contribution in [0.1, 0.15) is 72.6 Å². The number of alkyl halides is 4. The van der Waals surface area contributed by atoms with Crippen molar-refractivity contribution in [3.8, 4) is 0 Å². The molecule has 206 valence electrons. The number of ether oxygens (including phenoxy) is 1. The van der Waals surface area contributed by atoms with E-state index in [1.165, 1.54) is 7.11 Å². The number of aliphatic hydroxyl groups is 1. The molecular formula is C28H35I4O5-. The molecule has 0 radical (unpaired) electrons. The second kappa shape index (κ2) is 9.26. The molecule has 3 fully saturated rings. The van der Waals surface area contributed by atoms with Gasteiger partial charge >= 0.3 is 274 Å². The molecule has 1 N–H and O–H groups in total. The maximum atomic E-state index is 14.6. The van der Waals surface area contributed by atoms with Gasteiger partial charge in [-0.3, -0.25) is 0 Å². The van der Waals surface area contributed by atoms with Gasteiger partial charge in [-0.25, -0.2) is 0 Å². The van der Waals surface area contributed by atoms with Crippen LogP contribution >= 0.6 is 67.8 Å². The Bertz CT molecular complexity index is 1150. The van der Waals surface area contributed by atoms with E-state index < -0.39 is 33.5 Å². The Labute approximate surface area is 271 Å². The van der Waals surface area contributed by atoms with Crippen LogP contribution in [-0.4, -0.2) is 41.4 Å². The van der Waals surface area contributed by atoms with Crippen molar-refractivity contribution in [2.24, 2.45) is 28.6 Å². The third-order valence-corrected chi connectivity index (χ3v) is 23.1. The summed E-state index contributed by atoms with van der Waals surface area (Å²) in [5.41, 5.74) is 0.313. The van der Waals surface area contributed by atoms with Crippen molar-refractivity contribution in [2.75, 3.05) is 7.11 Å². The predicted molar refractivity (Wildman–Crippen MR) is 165 cm³/mol. The van der Waals surface area contributed by atoms with E-state index in [1.807, 2.05) is 13.0 Å². The van der Waals surface area contributed by atoms with E-state index in [1.54, 1.807) is 6.08 Å². The number of methoxy groups -OCH3 is 1. The van der Waals surface area contributed by atoms with E-state index in [0.717, 1.165) is 50.5 Å². The van der Waals surface area contributed by atoms with Crippen LogP contribution in [-0.2, 0) is 14.3 Å². The first kappa shape index (κ1) is 29.5. The molecule has 9 heteroatoms.